The molecule has 0 atom stereocenters. The van der Waals surface area contributed by atoms with E-state index in [4.69, 9.17) is 4.74 Å². The number of para-hydroxylation sites is 1. The van der Waals surface area contributed by atoms with Crippen LogP contribution in [-0.2, 0) is 9.53 Å². The molecular weight excluding hydrogens is 252 g/mol. The molecular formula is C16H18N2O2. The highest BCUT2D eigenvalue weighted by molar-refractivity contribution is 5.66. The summed E-state index contributed by atoms with van der Waals surface area (Å²) in [4.78, 5) is 12.5. The molecule has 0 heterocycles. The number of hydrogen-bond acceptors (Lipinski definition) is 4. The summed E-state index contributed by atoms with van der Waals surface area (Å²) in [6, 6.07) is 11.8. The molecule has 4 nitrogen and oxygen atoms in total. The first-order valence-electron chi connectivity index (χ1n) is 6.26. The Morgan fingerprint density at radius 1 is 1.35 bits per heavy atom. The van der Waals surface area contributed by atoms with E-state index in [2.05, 4.69) is 6.07 Å². The molecule has 0 aliphatic rings. The summed E-state index contributed by atoms with van der Waals surface area (Å²) in [5, 5.41) is 9.30. The van der Waals surface area contributed by atoms with Gasteiger partial charge in [0.2, 0.25) is 0 Å². The molecule has 0 bridgehead atoms. The number of ether oxygens (including phenoxy) is 1. The van der Waals surface area contributed by atoms with Gasteiger partial charge in [-0.25, -0.2) is 0 Å². The monoisotopic (exact) mass is 270 g/mol. The van der Waals surface area contributed by atoms with Crippen LogP contribution in [0.5, 0.6) is 0 Å². The van der Waals surface area contributed by atoms with E-state index in [-0.39, 0.29) is 12.6 Å². The SMILES string of the molecule is CC(=O)OC/C=C/C(C)=C(/C#N)N(C)c1ccccc1. The molecule has 0 aliphatic heterocycles. The molecule has 0 saturated heterocycles. The molecule has 1 rings (SSSR count). The van der Waals surface area contributed by atoms with Crippen molar-refractivity contribution in [3.63, 3.8) is 0 Å². The lowest BCUT2D eigenvalue weighted by Crippen LogP contribution is -2.16. The number of esters is 1. The number of carbonyl (C=O) groups excluding carboxylic acids is 1. The quantitative estimate of drug-likeness (QED) is 0.469. The molecule has 1 aromatic rings. The Morgan fingerprint density at radius 2 is 2.00 bits per heavy atom. The van der Waals surface area contributed by atoms with Crippen molar-refractivity contribution in [1.29, 1.82) is 5.26 Å². The second-order valence-corrected chi connectivity index (χ2v) is 4.24. The minimum Gasteiger partial charge on any atom is -0.462 e. The molecule has 104 valence electrons. The van der Waals surface area contributed by atoms with E-state index in [1.54, 1.807) is 12.2 Å². The van der Waals surface area contributed by atoms with Crippen LogP contribution in [0, 0.1) is 11.3 Å². The number of nitrogens with zero attached hydrogens (tertiary/aromatic N) is 2. The molecule has 1 aromatic carbocycles. The maximum Gasteiger partial charge on any atom is 0.302 e. The summed E-state index contributed by atoms with van der Waals surface area (Å²) in [7, 11) is 1.84. The summed E-state index contributed by atoms with van der Waals surface area (Å²) < 4.78 is 4.81. The third-order valence-corrected chi connectivity index (χ3v) is 2.71. The van der Waals surface area contributed by atoms with Crippen molar-refractivity contribution in [2.75, 3.05) is 18.6 Å². The number of carbonyl (C=O) groups is 1. The van der Waals surface area contributed by atoms with Crippen LogP contribution in [0.1, 0.15) is 13.8 Å². The minimum atomic E-state index is -0.321. The summed E-state index contributed by atoms with van der Waals surface area (Å²) in [5.41, 5.74) is 2.30. The van der Waals surface area contributed by atoms with Crippen LogP contribution < -0.4 is 4.90 Å². The van der Waals surface area contributed by atoms with Crippen molar-refractivity contribution in [1.82, 2.24) is 0 Å². The van der Waals surface area contributed by atoms with Gasteiger partial charge in [0.05, 0.1) is 0 Å². The topological polar surface area (TPSA) is 53.3 Å². The molecule has 0 saturated carbocycles. The third-order valence-electron chi connectivity index (χ3n) is 2.71. The normalized spacial score (nSPS) is 11.7. The molecule has 0 fully saturated rings. The number of benzene rings is 1. The van der Waals surface area contributed by atoms with Gasteiger partial charge in [-0.3, -0.25) is 4.79 Å². The third kappa shape index (κ3) is 4.62. The Hall–Kier alpha value is -2.54. The predicted octanol–water partition coefficient (Wildman–Crippen LogP) is 3.04. The Labute approximate surface area is 119 Å². The van der Waals surface area contributed by atoms with Crippen LogP contribution >= 0.6 is 0 Å². The summed E-state index contributed by atoms with van der Waals surface area (Å²) in [5.74, 6) is -0.321. The van der Waals surface area contributed by atoms with Crippen LogP contribution in [0.4, 0.5) is 5.69 Å². The molecule has 0 aromatic heterocycles. The number of allylic oxidation sites excluding steroid dienone is 3. The van der Waals surface area contributed by atoms with Gasteiger partial charge in [0, 0.05) is 19.7 Å². The Bertz CT molecular complexity index is 554. The van der Waals surface area contributed by atoms with Crippen LogP contribution in [-0.4, -0.2) is 19.6 Å². The van der Waals surface area contributed by atoms with Crippen LogP contribution in [0.25, 0.3) is 0 Å². The maximum atomic E-state index is 10.6. The number of nitriles is 1. The van der Waals surface area contributed by atoms with Crippen LogP contribution in [0.15, 0.2) is 53.8 Å². The van der Waals surface area contributed by atoms with Crippen molar-refractivity contribution in [3.05, 3.63) is 53.8 Å². The van der Waals surface area contributed by atoms with Gasteiger partial charge in [0.25, 0.3) is 0 Å². The van der Waals surface area contributed by atoms with Gasteiger partial charge in [-0.1, -0.05) is 24.3 Å². The first-order valence-corrected chi connectivity index (χ1v) is 6.26. The lowest BCUT2D eigenvalue weighted by atomic mass is 10.2. The molecule has 4 heteroatoms. The average molecular weight is 270 g/mol. The minimum absolute atomic E-state index is 0.209. The lowest BCUT2D eigenvalue weighted by molar-refractivity contribution is -0.139. The zero-order chi connectivity index (χ0) is 15.0. The Kier molecular flexibility index (Phi) is 6.05. The van der Waals surface area contributed by atoms with Gasteiger partial charge in [0.15, 0.2) is 0 Å². The molecule has 0 spiro atoms. The number of hydrogen-bond donors (Lipinski definition) is 0. The molecule has 0 N–H and O–H groups in total. The summed E-state index contributed by atoms with van der Waals surface area (Å²) in [6.07, 6.45) is 3.49. The molecule has 0 aliphatic carbocycles. The van der Waals surface area contributed by atoms with Crippen molar-refractivity contribution in [3.8, 4) is 6.07 Å². The van der Waals surface area contributed by atoms with Crippen molar-refractivity contribution in [2.45, 2.75) is 13.8 Å². The van der Waals surface area contributed by atoms with E-state index < -0.39 is 0 Å². The van der Waals surface area contributed by atoms with Crippen LogP contribution in [0.3, 0.4) is 0 Å². The maximum absolute atomic E-state index is 10.6. The van der Waals surface area contributed by atoms with Crippen molar-refractivity contribution in [2.24, 2.45) is 0 Å². The van der Waals surface area contributed by atoms with Gasteiger partial charge in [0.1, 0.15) is 18.4 Å². The summed E-state index contributed by atoms with van der Waals surface area (Å²) in [6.45, 7) is 3.42. The van der Waals surface area contributed by atoms with Crippen LogP contribution in [0.2, 0.25) is 0 Å². The standard InChI is InChI=1S/C16H18N2O2/c1-13(8-7-11-20-14(2)19)16(12-17)18(3)15-9-5-4-6-10-15/h4-10H,11H2,1-3H3/b8-7+,16-13-. The van der Waals surface area contributed by atoms with Gasteiger partial charge >= 0.3 is 5.97 Å². The second-order valence-electron chi connectivity index (χ2n) is 4.24. The fourth-order valence-corrected chi connectivity index (χ4v) is 1.68. The lowest BCUT2D eigenvalue weighted by Gasteiger charge is -2.19. The van der Waals surface area contributed by atoms with Gasteiger partial charge in [-0.05, 0) is 30.7 Å². The smallest absolute Gasteiger partial charge is 0.302 e. The van der Waals surface area contributed by atoms with Crippen molar-refractivity contribution >= 4 is 11.7 Å². The Balaban J connectivity index is 2.85. The fraction of sp³-hybridized carbons (Fsp3) is 0.250. The number of anilines is 1. The molecule has 0 amide bonds. The first-order chi connectivity index (χ1) is 9.56. The predicted molar refractivity (Wildman–Crippen MR) is 78.9 cm³/mol. The highest BCUT2D eigenvalue weighted by Crippen LogP contribution is 2.18. The van der Waals surface area contributed by atoms with E-state index >= 15 is 0 Å². The second kappa shape index (κ2) is 7.80. The van der Waals surface area contributed by atoms with Crippen molar-refractivity contribution < 1.29 is 9.53 Å². The highest BCUT2D eigenvalue weighted by Gasteiger charge is 2.08. The zero-order valence-electron chi connectivity index (χ0n) is 12.0. The van der Waals surface area contributed by atoms with Gasteiger partial charge < -0.3 is 9.64 Å². The number of rotatable bonds is 5. The van der Waals surface area contributed by atoms with Gasteiger partial charge in [-0.15, -0.1) is 0 Å². The molecule has 0 unspecified atom stereocenters. The van der Waals surface area contributed by atoms with E-state index in [1.165, 1.54) is 6.92 Å². The average Bonchev–Trinajstić information content (AvgIpc) is 2.45. The summed E-state index contributed by atoms with van der Waals surface area (Å²) >= 11 is 0. The molecule has 20 heavy (non-hydrogen) atoms. The first kappa shape index (κ1) is 15.5. The highest BCUT2D eigenvalue weighted by atomic mass is 16.5. The van der Waals surface area contributed by atoms with E-state index in [9.17, 15) is 10.1 Å². The fourth-order valence-electron chi connectivity index (χ4n) is 1.68. The van der Waals surface area contributed by atoms with E-state index in [1.807, 2.05) is 49.2 Å². The van der Waals surface area contributed by atoms with E-state index in [0.717, 1.165) is 11.3 Å². The van der Waals surface area contributed by atoms with Gasteiger partial charge in [-0.2, -0.15) is 5.26 Å². The largest absolute Gasteiger partial charge is 0.462 e. The Morgan fingerprint density at radius 3 is 2.55 bits per heavy atom. The molecule has 0 radical (unpaired) electrons. The van der Waals surface area contributed by atoms with E-state index in [0.29, 0.717) is 5.70 Å². The zero-order valence-corrected chi connectivity index (χ0v) is 12.0.